The van der Waals surface area contributed by atoms with Gasteiger partial charge in [0.15, 0.2) is 0 Å². The van der Waals surface area contributed by atoms with Gasteiger partial charge in [-0.3, -0.25) is 0 Å². The Hall–Kier alpha value is -1.13. The van der Waals surface area contributed by atoms with Crippen molar-refractivity contribution in [2.45, 2.75) is 31.3 Å². The first-order valence-corrected chi connectivity index (χ1v) is 6.68. The van der Waals surface area contributed by atoms with Gasteiger partial charge in [-0.1, -0.05) is 25.0 Å². The summed E-state index contributed by atoms with van der Waals surface area (Å²) in [5.74, 6) is 0.911. The molecular formula is C13H16ClN3O. The van der Waals surface area contributed by atoms with Gasteiger partial charge in [-0.15, -0.1) is 0 Å². The molecular weight excluding hydrogens is 250 g/mol. The second kappa shape index (κ2) is 4.52. The number of ether oxygens (including phenoxy) is 1. The highest BCUT2D eigenvalue weighted by atomic mass is 35.5. The number of aromatic nitrogens is 2. The molecule has 1 aromatic rings. The molecule has 18 heavy (non-hydrogen) atoms. The van der Waals surface area contributed by atoms with Crippen LogP contribution >= 0.6 is 11.6 Å². The minimum absolute atomic E-state index is 0.122. The summed E-state index contributed by atoms with van der Waals surface area (Å²) in [4.78, 5) is 7.89. The Bertz CT molecular complexity index is 485. The Morgan fingerprint density at radius 1 is 1.50 bits per heavy atom. The fraction of sp³-hybridized carbons (Fsp3) is 0.538. The van der Waals surface area contributed by atoms with Crippen LogP contribution in [0.4, 0.5) is 5.82 Å². The maximum absolute atomic E-state index is 5.80. The van der Waals surface area contributed by atoms with Crippen molar-refractivity contribution in [3.63, 3.8) is 0 Å². The molecule has 5 heteroatoms. The molecule has 1 aliphatic heterocycles. The predicted octanol–water partition coefficient (Wildman–Crippen LogP) is 2.68. The van der Waals surface area contributed by atoms with Crippen molar-refractivity contribution in [1.29, 1.82) is 0 Å². The second-order valence-electron chi connectivity index (χ2n) is 5.04. The van der Waals surface area contributed by atoms with Crippen LogP contribution in [-0.4, -0.2) is 22.2 Å². The lowest BCUT2D eigenvalue weighted by Gasteiger charge is -2.26. The minimum atomic E-state index is 0.122. The SMILES string of the molecule is Nc1nc(Cl)ncc1/C=C\C1CCCC[C@@]12CO2. The van der Waals surface area contributed by atoms with Crippen molar-refractivity contribution < 1.29 is 4.74 Å². The molecule has 1 spiro atoms. The molecule has 1 saturated heterocycles. The lowest BCUT2D eigenvalue weighted by Crippen LogP contribution is -2.26. The van der Waals surface area contributed by atoms with Crippen molar-refractivity contribution in [2.75, 3.05) is 12.3 Å². The highest BCUT2D eigenvalue weighted by Gasteiger charge is 2.51. The van der Waals surface area contributed by atoms with E-state index in [9.17, 15) is 0 Å². The fourth-order valence-corrected chi connectivity index (χ4v) is 2.83. The zero-order chi connectivity index (χ0) is 12.6. The van der Waals surface area contributed by atoms with Crippen molar-refractivity contribution in [1.82, 2.24) is 9.97 Å². The Kier molecular flexibility index (Phi) is 2.99. The number of hydrogen-bond donors (Lipinski definition) is 1. The first-order chi connectivity index (χ1) is 8.70. The molecule has 0 amide bonds. The van der Waals surface area contributed by atoms with Crippen molar-refractivity contribution in [2.24, 2.45) is 5.92 Å². The summed E-state index contributed by atoms with van der Waals surface area (Å²) in [6.45, 7) is 0.897. The molecule has 4 nitrogen and oxygen atoms in total. The van der Waals surface area contributed by atoms with E-state index in [1.807, 2.05) is 6.08 Å². The topological polar surface area (TPSA) is 64.3 Å². The number of epoxide rings is 1. The fourth-order valence-electron chi connectivity index (χ4n) is 2.69. The Morgan fingerprint density at radius 2 is 2.33 bits per heavy atom. The van der Waals surface area contributed by atoms with Crippen LogP contribution in [0, 0.1) is 5.92 Å². The normalized spacial score (nSPS) is 31.1. The lowest BCUT2D eigenvalue weighted by molar-refractivity contribution is 0.190. The monoisotopic (exact) mass is 265 g/mol. The first kappa shape index (κ1) is 11.9. The van der Waals surface area contributed by atoms with E-state index in [-0.39, 0.29) is 10.9 Å². The summed E-state index contributed by atoms with van der Waals surface area (Å²) in [5.41, 5.74) is 6.74. The molecule has 2 heterocycles. The molecule has 96 valence electrons. The van der Waals surface area contributed by atoms with Gasteiger partial charge in [-0.25, -0.2) is 9.97 Å². The smallest absolute Gasteiger partial charge is 0.224 e. The van der Waals surface area contributed by atoms with Crippen LogP contribution in [0.15, 0.2) is 12.3 Å². The van der Waals surface area contributed by atoms with Gasteiger partial charge in [0.1, 0.15) is 5.82 Å². The third kappa shape index (κ3) is 2.22. The van der Waals surface area contributed by atoms with E-state index >= 15 is 0 Å². The lowest BCUT2D eigenvalue weighted by atomic mass is 9.79. The van der Waals surface area contributed by atoms with Gasteiger partial charge < -0.3 is 10.5 Å². The maximum atomic E-state index is 5.80. The zero-order valence-electron chi connectivity index (χ0n) is 10.1. The summed E-state index contributed by atoms with van der Waals surface area (Å²) in [5, 5.41) is 0.185. The average Bonchev–Trinajstić information content (AvgIpc) is 3.11. The molecule has 0 aromatic carbocycles. The van der Waals surface area contributed by atoms with Crippen molar-refractivity contribution in [3.05, 3.63) is 23.1 Å². The average molecular weight is 266 g/mol. The predicted molar refractivity (Wildman–Crippen MR) is 71.1 cm³/mol. The Labute approximate surface area is 111 Å². The molecule has 1 aliphatic carbocycles. The summed E-state index contributed by atoms with van der Waals surface area (Å²) in [7, 11) is 0. The number of rotatable bonds is 2. The van der Waals surface area contributed by atoms with Crippen LogP contribution in [0.1, 0.15) is 31.2 Å². The van der Waals surface area contributed by atoms with E-state index < -0.39 is 0 Å². The van der Waals surface area contributed by atoms with Crippen LogP contribution in [0.3, 0.4) is 0 Å². The van der Waals surface area contributed by atoms with Crippen LogP contribution in [-0.2, 0) is 4.74 Å². The van der Waals surface area contributed by atoms with E-state index in [0.717, 1.165) is 12.2 Å². The zero-order valence-corrected chi connectivity index (χ0v) is 10.9. The van der Waals surface area contributed by atoms with Crippen molar-refractivity contribution in [3.8, 4) is 0 Å². The molecule has 0 radical (unpaired) electrons. The van der Waals surface area contributed by atoms with E-state index in [0.29, 0.717) is 11.7 Å². The van der Waals surface area contributed by atoms with Crippen LogP contribution in [0.5, 0.6) is 0 Å². The quantitative estimate of drug-likeness (QED) is 0.660. The van der Waals surface area contributed by atoms with Gasteiger partial charge in [0, 0.05) is 17.7 Å². The molecule has 2 fully saturated rings. The largest absolute Gasteiger partial charge is 0.383 e. The molecule has 2 aliphatic rings. The Balaban J connectivity index is 1.77. The molecule has 3 rings (SSSR count). The van der Waals surface area contributed by atoms with E-state index in [2.05, 4.69) is 16.0 Å². The first-order valence-electron chi connectivity index (χ1n) is 6.30. The number of hydrogen-bond acceptors (Lipinski definition) is 4. The second-order valence-corrected chi connectivity index (χ2v) is 5.38. The van der Waals surface area contributed by atoms with Gasteiger partial charge in [-0.2, -0.15) is 0 Å². The summed E-state index contributed by atoms with van der Waals surface area (Å²) >= 11 is 5.67. The van der Waals surface area contributed by atoms with E-state index in [4.69, 9.17) is 22.1 Å². The summed E-state index contributed by atoms with van der Waals surface area (Å²) < 4.78 is 5.65. The third-order valence-electron chi connectivity index (χ3n) is 3.88. The van der Waals surface area contributed by atoms with Crippen LogP contribution in [0.2, 0.25) is 5.28 Å². The van der Waals surface area contributed by atoms with Gasteiger partial charge in [-0.05, 0) is 24.4 Å². The van der Waals surface area contributed by atoms with Gasteiger partial charge >= 0.3 is 0 Å². The molecule has 1 saturated carbocycles. The summed E-state index contributed by atoms with van der Waals surface area (Å²) in [6.07, 6.45) is 10.7. The highest BCUT2D eigenvalue weighted by molar-refractivity contribution is 6.28. The molecule has 1 unspecified atom stereocenters. The number of nitrogen functional groups attached to an aromatic ring is 1. The van der Waals surface area contributed by atoms with E-state index in [1.165, 1.54) is 25.7 Å². The van der Waals surface area contributed by atoms with Crippen molar-refractivity contribution >= 4 is 23.5 Å². The standard InChI is InChI=1S/C13H16ClN3O/c14-12-16-7-9(11(15)17-12)4-5-10-3-1-2-6-13(10)8-18-13/h4-5,7,10H,1-3,6,8H2,(H2,15,16,17)/b5-4-/t10?,13-/m1/s1. The third-order valence-corrected chi connectivity index (χ3v) is 4.06. The van der Waals surface area contributed by atoms with Crippen LogP contribution in [0.25, 0.3) is 6.08 Å². The molecule has 2 N–H and O–H groups in total. The number of nitrogens with zero attached hydrogens (tertiary/aromatic N) is 2. The van der Waals surface area contributed by atoms with E-state index in [1.54, 1.807) is 6.20 Å². The number of halogens is 1. The van der Waals surface area contributed by atoms with Gasteiger partial charge in [0.25, 0.3) is 0 Å². The van der Waals surface area contributed by atoms with Gasteiger partial charge in [0.05, 0.1) is 12.2 Å². The maximum Gasteiger partial charge on any atom is 0.224 e. The highest BCUT2D eigenvalue weighted by Crippen LogP contribution is 2.46. The molecule has 0 bridgehead atoms. The number of nitrogens with two attached hydrogens (primary N) is 1. The van der Waals surface area contributed by atoms with Crippen LogP contribution < -0.4 is 5.73 Å². The minimum Gasteiger partial charge on any atom is -0.383 e. The molecule has 1 aromatic heterocycles. The number of anilines is 1. The summed E-state index contributed by atoms with van der Waals surface area (Å²) in [6, 6.07) is 0. The Morgan fingerprint density at radius 3 is 3.06 bits per heavy atom. The molecule has 2 atom stereocenters. The van der Waals surface area contributed by atoms with Gasteiger partial charge in [0.2, 0.25) is 5.28 Å².